The van der Waals surface area contributed by atoms with Crippen molar-refractivity contribution >= 4 is 17.5 Å². The molecule has 6 nitrogen and oxygen atoms in total. The van der Waals surface area contributed by atoms with Crippen molar-refractivity contribution in [1.82, 2.24) is 9.97 Å². The van der Waals surface area contributed by atoms with Crippen LogP contribution in [0.5, 0.6) is 5.75 Å². The quantitative estimate of drug-likeness (QED) is 0.909. The van der Waals surface area contributed by atoms with E-state index in [2.05, 4.69) is 27.1 Å². The van der Waals surface area contributed by atoms with Gasteiger partial charge in [-0.25, -0.2) is 9.97 Å². The highest BCUT2D eigenvalue weighted by atomic mass is 16.5. The van der Waals surface area contributed by atoms with E-state index in [1.807, 2.05) is 32.0 Å². The van der Waals surface area contributed by atoms with E-state index in [9.17, 15) is 4.79 Å². The molecule has 2 aromatic rings. The SMILES string of the molecule is COc1ccc(C)cc1NC(=O)c1cc(C)nc(N2CCCC(C)C2)n1. The lowest BCUT2D eigenvalue weighted by Gasteiger charge is -2.31. The number of hydrogen-bond donors (Lipinski definition) is 1. The predicted octanol–water partition coefficient (Wildman–Crippen LogP) is 3.59. The number of aromatic nitrogens is 2. The Kier molecular flexibility index (Phi) is 5.40. The van der Waals surface area contributed by atoms with Gasteiger partial charge in [-0.1, -0.05) is 13.0 Å². The Hall–Kier alpha value is -2.63. The third kappa shape index (κ3) is 4.12. The number of aryl methyl sites for hydroxylation is 2. The maximum Gasteiger partial charge on any atom is 0.274 e. The van der Waals surface area contributed by atoms with Crippen molar-refractivity contribution in [2.45, 2.75) is 33.6 Å². The minimum Gasteiger partial charge on any atom is -0.495 e. The topological polar surface area (TPSA) is 67.3 Å². The average Bonchev–Trinajstić information content (AvgIpc) is 2.61. The molecule has 0 bridgehead atoms. The zero-order valence-corrected chi connectivity index (χ0v) is 15.9. The Morgan fingerprint density at radius 1 is 1.27 bits per heavy atom. The minimum absolute atomic E-state index is 0.259. The van der Waals surface area contributed by atoms with Crippen LogP contribution in [-0.2, 0) is 0 Å². The van der Waals surface area contributed by atoms with Crippen molar-refractivity contribution in [3.05, 3.63) is 41.2 Å². The monoisotopic (exact) mass is 354 g/mol. The van der Waals surface area contributed by atoms with Crippen molar-refractivity contribution < 1.29 is 9.53 Å². The summed E-state index contributed by atoms with van der Waals surface area (Å²) in [7, 11) is 1.59. The zero-order chi connectivity index (χ0) is 18.7. The van der Waals surface area contributed by atoms with E-state index in [0.29, 0.717) is 29.0 Å². The highest BCUT2D eigenvalue weighted by Crippen LogP contribution is 2.26. The number of amides is 1. The van der Waals surface area contributed by atoms with Crippen LogP contribution in [0.3, 0.4) is 0 Å². The summed E-state index contributed by atoms with van der Waals surface area (Å²) in [6, 6.07) is 7.39. The number of hydrogen-bond acceptors (Lipinski definition) is 5. The molecule has 138 valence electrons. The maximum absolute atomic E-state index is 12.8. The Balaban J connectivity index is 1.85. The van der Waals surface area contributed by atoms with Gasteiger partial charge >= 0.3 is 0 Å². The molecule has 0 aliphatic carbocycles. The van der Waals surface area contributed by atoms with Crippen LogP contribution in [0.25, 0.3) is 0 Å². The highest BCUT2D eigenvalue weighted by molar-refractivity contribution is 6.04. The van der Waals surface area contributed by atoms with Gasteiger partial charge in [0.15, 0.2) is 0 Å². The number of piperidine rings is 1. The first-order valence-corrected chi connectivity index (χ1v) is 9.03. The Morgan fingerprint density at radius 3 is 2.81 bits per heavy atom. The fourth-order valence-electron chi connectivity index (χ4n) is 3.29. The van der Waals surface area contributed by atoms with E-state index >= 15 is 0 Å². The number of nitrogens with zero attached hydrogens (tertiary/aromatic N) is 3. The standard InChI is InChI=1S/C20H26N4O2/c1-13-7-8-18(26-4)16(10-13)22-19(25)17-11-15(3)21-20(23-17)24-9-5-6-14(2)12-24/h7-8,10-11,14H,5-6,9,12H2,1-4H3,(H,22,25). The largest absolute Gasteiger partial charge is 0.495 e. The molecule has 1 amide bonds. The third-order valence-electron chi connectivity index (χ3n) is 4.62. The van der Waals surface area contributed by atoms with Gasteiger partial charge in [0.2, 0.25) is 5.95 Å². The third-order valence-corrected chi connectivity index (χ3v) is 4.62. The van der Waals surface area contributed by atoms with Crippen LogP contribution in [-0.4, -0.2) is 36.1 Å². The molecule has 1 aromatic carbocycles. The van der Waals surface area contributed by atoms with Gasteiger partial charge in [-0.05, 0) is 56.4 Å². The van der Waals surface area contributed by atoms with Gasteiger partial charge in [-0.15, -0.1) is 0 Å². The maximum atomic E-state index is 12.8. The number of anilines is 2. The molecule has 6 heteroatoms. The molecule has 1 atom stereocenters. The molecule has 1 unspecified atom stereocenters. The second kappa shape index (κ2) is 7.72. The van der Waals surface area contributed by atoms with Crippen LogP contribution in [0.4, 0.5) is 11.6 Å². The van der Waals surface area contributed by atoms with Gasteiger partial charge < -0.3 is 15.0 Å². The van der Waals surface area contributed by atoms with Crippen molar-refractivity contribution in [2.24, 2.45) is 5.92 Å². The molecule has 1 aromatic heterocycles. The van der Waals surface area contributed by atoms with Gasteiger partial charge in [0, 0.05) is 18.8 Å². The number of nitrogens with one attached hydrogen (secondary N) is 1. The number of carbonyl (C=O) groups is 1. The Bertz CT molecular complexity index is 806. The second-order valence-electron chi connectivity index (χ2n) is 7.05. The molecular formula is C20H26N4O2. The first-order valence-electron chi connectivity index (χ1n) is 9.03. The van der Waals surface area contributed by atoms with E-state index < -0.39 is 0 Å². The number of ether oxygens (including phenoxy) is 1. The molecule has 1 N–H and O–H groups in total. The average molecular weight is 354 g/mol. The second-order valence-corrected chi connectivity index (χ2v) is 7.05. The molecule has 2 heterocycles. The summed E-state index contributed by atoms with van der Waals surface area (Å²) in [5.74, 6) is 1.62. The smallest absolute Gasteiger partial charge is 0.274 e. The summed E-state index contributed by atoms with van der Waals surface area (Å²) >= 11 is 0. The Labute approximate surface area is 154 Å². The summed E-state index contributed by atoms with van der Waals surface area (Å²) in [6.07, 6.45) is 2.35. The van der Waals surface area contributed by atoms with Gasteiger partial charge in [-0.3, -0.25) is 4.79 Å². The highest BCUT2D eigenvalue weighted by Gasteiger charge is 2.21. The van der Waals surface area contributed by atoms with Gasteiger partial charge in [-0.2, -0.15) is 0 Å². The van der Waals surface area contributed by atoms with Gasteiger partial charge in [0.25, 0.3) is 5.91 Å². The van der Waals surface area contributed by atoms with Crippen molar-refractivity contribution in [3.8, 4) is 5.75 Å². The van der Waals surface area contributed by atoms with Crippen LogP contribution in [0, 0.1) is 19.8 Å². The van der Waals surface area contributed by atoms with Crippen LogP contribution < -0.4 is 15.0 Å². The van der Waals surface area contributed by atoms with Crippen LogP contribution in [0.15, 0.2) is 24.3 Å². The molecule has 1 aliphatic heterocycles. The normalized spacial score (nSPS) is 17.1. The molecule has 1 aliphatic rings. The lowest BCUT2D eigenvalue weighted by atomic mass is 10.0. The van der Waals surface area contributed by atoms with Crippen molar-refractivity contribution in [3.63, 3.8) is 0 Å². The number of rotatable bonds is 4. The predicted molar refractivity (Wildman–Crippen MR) is 103 cm³/mol. The fourth-order valence-corrected chi connectivity index (χ4v) is 3.29. The van der Waals surface area contributed by atoms with Crippen LogP contribution in [0.2, 0.25) is 0 Å². The lowest BCUT2D eigenvalue weighted by Crippen LogP contribution is -2.36. The molecular weight excluding hydrogens is 328 g/mol. The molecule has 1 fully saturated rings. The molecule has 0 radical (unpaired) electrons. The number of benzene rings is 1. The summed E-state index contributed by atoms with van der Waals surface area (Å²) in [4.78, 5) is 24.0. The van der Waals surface area contributed by atoms with E-state index in [1.165, 1.54) is 6.42 Å². The molecule has 3 rings (SSSR count). The van der Waals surface area contributed by atoms with Crippen molar-refractivity contribution in [1.29, 1.82) is 0 Å². The van der Waals surface area contributed by atoms with Crippen molar-refractivity contribution in [2.75, 3.05) is 30.4 Å². The van der Waals surface area contributed by atoms with Crippen LogP contribution >= 0.6 is 0 Å². The van der Waals surface area contributed by atoms with Gasteiger partial charge in [0.05, 0.1) is 12.8 Å². The summed E-state index contributed by atoms with van der Waals surface area (Å²) < 4.78 is 5.34. The molecule has 26 heavy (non-hydrogen) atoms. The van der Waals surface area contributed by atoms with E-state index in [4.69, 9.17) is 4.74 Å². The first-order chi connectivity index (χ1) is 12.5. The van der Waals surface area contributed by atoms with Crippen LogP contribution in [0.1, 0.15) is 41.5 Å². The molecule has 0 saturated carbocycles. The van der Waals surface area contributed by atoms with E-state index in [1.54, 1.807) is 13.2 Å². The van der Waals surface area contributed by atoms with E-state index in [-0.39, 0.29) is 5.91 Å². The number of methoxy groups -OCH3 is 1. The summed E-state index contributed by atoms with van der Waals surface area (Å²) in [5.41, 5.74) is 2.84. The van der Waals surface area contributed by atoms with Gasteiger partial charge in [0.1, 0.15) is 11.4 Å². The first kappa shape index (κ1) is 18.2. The molecule has 0 spiro atoms. The Morgan fingerprint density at radius 2 is 2.08 bits per heavy atom. The summed E-state index contributed by atoms with van der Waals surface area (Å²) in [6.45, 7) is 7.96. The van der Waals surface area contributed by atoms with E-state index in [0.717, 1.165) is 30.8 Å². The zero-order valence-electron chi connectivity index (χ0n) is 15.9. The lowest BCUT2D eigenvalue weighted by molar-refractivity contribution is 0.102. The summed E-state index contributed by atoms with van der Waals surface area (Å²) in [5, 5.41) is 2.91. The number of carbonyl (C=O) groups excluding carboxylic acids is 1. The fraction of sp³-hybridized carbons (Fsp3) is 0.450. The minimum atomic E-state index is -0.259. The molecule has 1 saturated heterocycles.